The van der Waals surface area contributed by atoms with Crippen molar-refractivity contribution >= 4 is 19.7 Å². The van der Waals surface area contributed by atoms with Crippen LogP contribution >= 0.6 is 10.7 Å². The van der Waals surface area contributed by atoms with Gasteiger partial charge in [0.2, 0.25) is 0 Å². The maximum atomic E-state index is 12.2. The molecule has 0 atom stereocenters. The van der Waals surface area contributed by atoms with Crippen molar-refractivity contribution < 1.29 is 17.2 Å². The van der Waals surface area contributed by atoms with E-state index >= 15 is 0 Å². The van der Waals surface area contributed by atoms with Crippen LogP contribution in [0.25, 0.3) is 0 Å². The summed E-state index contributed by atoms with van der Waals surface area (Å²) in [6.07, 6.45) is -2.25. The Morgan fingerprint density at radius 2 is 2.13 bits per heavy atom. The first-order chi connectivity index (χ1) is 6.86. The first-order valence-corrected chi connectivity index (χ1v) is 5.80. The summed E-state index contributed by atoms with van der Waals surface area (Å²) < 4.78 is 46.1. The van der Waals surface area contributed by atoms with Crippen LogP contribution in [0.4, 0.5) is 8.78 Å². The Bertz CT molecular complexity index is 524. The highest BCUT2D eigenvalue weighted by Crippen LogP contribution is 2.23. The Morgan fingerprint density at radius 3 is 2.53 bits per heavy atom. The molecular formula is C7H3ClF2N2O2S. The molecule has 4 nitrogen and oxygen atoms in total. The monoisotopic (exact) mass is 252 g/mol. The molecule has 0 amide bonds. The molecule has 0 aliphatic rings. The third-order valence-corrected chi connectivity index (χ3v) is 2.82. The Kier molecular flexibility index (Phi) is 3.21. The summed E-state index contributed by atoms with van der Waals surface area (Å²) >= 11 is 0. The van der Waals surface area contributed by atoms with E-state index in [2.05, 4.69) is 4.98 Å². The molecule has 0 aromatic carbocycles. The minimum atomic E-state index is -4.06. The van der Waals surface area contributed by atoms with Crippen molar-refractivity contribution in [3.63, 3.8) is 0 Å². The van der Waals surface area contributed by atoms with E-state index in [0.717, 1.165) is 6.07 Å². The summed E-state index contributed by atoms with van der Waals surface area (Å²) in [7, 11) is 0.891. The lowest BCUT2D eigenvalue weighted by atomic mass is 10.2. The van der Waals surface area contributed by atoms with Crippen molar-refractivity contribution in [2.75, 3.05) is 0 Å². The molecule has 0 unspecified atom stereocenters. The normalized spacial score (nSPS) is 11.4. The molecule has 0 radical (unpaired) electrons. The fraction of sp³-hybridized carbons (Fsp3) is 0.143. The van der Waals surface area contributed by atoms with Crippen molar-refractivity contribution in [1.29, 1.82) is 5.26 Å². The third kappa shape index (κ3) is 2.61. The lowest BCUT2D eigenvalue weighted by Crippen LogP contribution is -1.99. The van der Waals surface area contributed by atoms with Gasteiger partial charge in [-0.15, -0.1) is 0 Å². The number of nitriles is 1. The predicted molar refractivity (Wildman–Crippen MR) is 46.9 cm³/mol. The lowest BCUT2D eigenvalue weighted by Gasteiger charge is -2.02. The van der Waals surface area contributed by atoms with E-state index in [9.17, 15) is 17.2 Å². The van der Waals surface area contributed by atoms with Crippen LogP contribution in [0.1, 0.15) is 17.7 Å². The van der Waals surface area contributed by atoms with Gasteiger partial charge < -0.3 is 0 Å². The van der Waals surface area contributed by atoms with Gasteiger partial charge in [0.1, 0.15) is 16.7 Å². The summed E-state index contributed by atoms with van der Waals surface area (Å²) in [5.41, 5.74) is -1.27. The number of pyridine rings is 1. The van der Waals surface area contributed by atoms with E-state index < -0.39 is 31.6 Å². The van der Waals surface area contributed by atoms with Gasteiger partial charge >= 0.3 is 0 Å². The van der Waals surface area contributed by atoms with Crippen molar-refractivity contribution in [3.8, 4) is 6.07 Å². The molecule has 1 aromatic heterocycles. The Balaban J connectivity index is 3.40. The number of halogens is 3. The lowest BCUT2D eigenvalue weighted by molar-refractivity contribution is 0.145. The van der Waals surface area contributed by atoms with Gasteiger partial charge in [-0.05, 0) is 6.07 Å². The first kappa shape index (κ1) is 11.8. The van der Waals surface area contributed by atoms with Gasteiger partial charge in [0, 0.05) is 16.9 Å². The average molecular weight is 253 g/mol. The second kappa shape index (κ2) is 4.08. The van der Waals surface area contributed by atoms with Gasteiger partial charge in [0.25, 0.3) is 15.5 Å². The molecule has 1 heterocycles. The van der Waals surface area contributed by atoms with Crippen LogP contribution in [-0.4, -0.2) is 13.4 Å². The number of nitrogens with zero attached hydrogens (tertiary/aromatic N) is 2. The highest BCUT2D eigenvalue weighted by atomic mass is 35.7. The second-order valence-corrected chi connectivity index (χ2v) is 5.02. The Morgan fingerprint density at radius 1 is 1.53 bits per heavy atom. The van der Waals surface area contributed by atoms with Crippen LogP contribution in [0.15, 0.2) is 17.2 Å². The number of alkyl halides is 2. The predicted octanol–water partition coefficient (Wildman–Crippen LogP) is 1.82. The topological polar surface area (TPSA) is 70.8 Å². The van der Waals surface area contributed by atoms with E-state index in [1.807, 2.05) is 0 Å². The minimum Gasteiger partial charge on any atom is -0.252 e. The van der Waals surface area contributed by atoms with E-state index in [1.165, 1.54) is 6.07 Å². The molecule has 0 fully saturated rings. The van der Waals surface area contributed by atoms with Crippen molar-refractivity contribution in [3.05, 3.63) is 23.5 Å². The zero-order chi connectivity index (χ0) is 11.6. The van der Waals surface area contributed by atoms with Gasteiger partial charge in [0.15, 0.2) is 0 Å². The van der Waals surface area contributed by atoms with E-state index in [1.54, 1.807) is 0 Å². The van der Waals surface area contributed by atoms with E-state index in [0.29, 0.717) is 6.20 Å². The first-order valence-electron chi connectivity index (χ1n) is 3.49. The van der Waals surface area contributed by atoms with Gasteiger partial charge in [-0.2, -0.15) is 5.26 Å². The molecule has 80 valence electrons. The average Bonchev–Trinajstić information content (AvgIpc) is 2.15. The Labute approximate surface area is 88.5 Å². The summed E-state index contributed by atoms with van der Waals surface area (Å²) in [6, 6.07) is 2.18. The molecule has 15 heavy (non-hydrogen) atoms. The summed E-state index contributed by atoms with van der Waals surface area (Å²) in [5, 5.41) is 8.50. The van der Waals surface area contributed by atoms with Crippen molar-refractivity contribution in [1.82, 2.24) is 4.98 Å². The highest BCUT2D eigenvalue weighted by Gasteiger charge is 2.19. The molecule has 8 heteroatoms. The number of rotatable bonds is 2. The SMILES string of the molecule is N#Cc1cc(S(=O)(=O)Cl)cnc1C(F)F. The third-order valence-electron chi connectivity index (χ3n) is 1.50. The van der Waals surface area contributed by atoms with Gasteiger partial charge in [-0.25, -0.2) is 17.2 Å². The van der Waals surface area contributed by atoms with Gasteiger partial charge in [0.05, 0.1) is 5.56 Å². The van der Waals surface area contributed by atoms with Gasteiger partial charge in [-0.1, -0.05) is 0 Å². The van der Waals surface area contributed by atoms with Crippen LogP contribution < -0.4 is 0 Å². The van der Waals surface area contributed by atoms with Crippen LogP contribution in [0.3, 0.4) is 0 Å². The quantitative estimate of drug-likeness (QED) is 0.753. The fourth-order valence-corrected chi connectivity index (χ4v) is 1.54. The second-order valence-electron chi connectivity index (χ2n) is 2.45. The fourth-order valence-electron chi connectivity index (χ4n) is 0.853. The standard InChI is InChI=1S/C7H3ClF2N2O2S/c8-15(13,14)5-1-4(2-11)6(7(9)10)12-3-5/h1,3,7H. The van der Waals surface area contributed by atoms with Crippen LogP contribution in [-0.2, 0) is 9.05 Å². The molecule has 1 aromatic rings. The zero-order valence-corrected chi connectivity index (χ0v) is 8.56. The molecule has 0 aliphatic carbocycles. The Hall–Kier alpha value is -1.26. The molecule has 0 spiro atoms. The van der Waals surface area contributed by atoms with Crippen LogP contribution in [0.2, 0.25) is 0 Å². The molecule has 0 saturated heterocycles. The van der Waals surface area contributed by atoms with E-state index in [-0.39, 0.29) is 0 Å². The summed E-state index contributed by atoms with van der Waals surface area (Å²) in [4.78, 5) is 2.70. The molecule has 1 rings (SSSR count). The number of hydrogen-bond acceptors (Lipinski definition) is 4. The molecule has 0 bridgehead atoms. The highest BCUT2D eigenvalue weighted by molar-refractivity contribution is 8.13. The number of hydrogen-bond donors (Lipinski definition) is 0. The summed E-state index contributed by atoms with van der Waals surface area (Å²) in [6.45, 7) is 0. The molecule has 0 N–H and O–H groups in total. The maximum absolute atomic E-state index is 12.2. The van der Waals surface area contributed by atoms with Crippen molar-refractivity contribution in [2.45, 2.75) is 11.3 Å². The van der Waals surface area contributed by atoms with E-state index in [4.69, 9.17) is 15.9 Å². The summed E-state index contributed by atoms with van der Waals surface area (Å²) in [5.74, 6) is 0. The van der Waals surface area contributed by atoms with Crippen LogP contribution in [0.5, 0.6) is 0 Å². The number of aromatic nitrogens is 1. The molecule has 0 saturated carbocycles. The van der Waals surface area contributed by atoms with Crippen LogP contribution in [0, 0.1) is 11.3 Å². The zero-order valence-electron chi connectivity index (χ0n) is 6.99. The van der Waals surface area contributed by atoms with Crippen molar-refractivity contribution in [2.24, 2.45) is 0 Å². The molecule has 0 aliphatic heterocycles. The minimum absolute atomic E-state index is 0.481. The molecular weight excluding hydrogens is 250 g/mol. The maximum Gasteiger partial charge on any atom is 0.281 e. The largest absolute Gasteiger partial charge is 0.281 e. The van der Waals surface area contributed by atoms with Gasteiger partial charge in [-0.3, -0.25) is 4.98 Å². The smallest absolute Gasteiger partial charge is 0.252 e.